The van der Waals surface area contributed by atoms with Gasteiger partial charge in [-0.2, -0.15) is 0 Å². The summed E-state index contributed by atoms with van der Waals surface area (Å²) in [5, 5.41) is 9.20. The number of carbonyl (C=O) groups is 2. The van der Waals surface area contributed by atoms with Crippen LogP contribution >= 0.6 is 0 Å². The highest BCUT2D eigenvalue weighted by molar-refractivity contribution is 6.02. The first-order valence-corrected chi connectivity index (χ1v) is 6.44. The lowest BCUT2D eigenvalue weighted by atomic mass is 10.1. The average molecular weight is 261 g/mol. The van der Waals surface area contributed by atoms with Gasteiger partial charge in [-0.25, -0.2) is 0 Å². The van der Waals surface area contributed by atoms with Gasteiger partial charge in [0.2, 0.25) is 0 Å². The number of carbonyl (C=O) groups excluding carboxylic acids is 2. The van der Waals surface area contributed by atoms with E-state index in [1.807, 2.05) is 0 Å². The number of hydrogen-bond donors (Lipinski definition) is 1. The molecule has 1 aromatic rings. The van der Waals surface area contributed by atoms with Crippen molar-refractivity contribution in [2.45, 2.75) is 31.5 Å². The van der Waals surface area contributed by atoms with Gasteiger partial charge in [-0.05, 0) is 37.0 Å². The molecule has 0 spiro atoms. The van der Waals surface area contributed by atoms with Crippen molar-refractivity contribution in [2.75, 3.05) is 6.54 Å². The first kappa shape index (κ1) is 12.2. The molecule has 2 unspecified atom stereocenters. The summed E-state index contributed by atoms with van der Waals surface area (Å²) in [5.41, 5.74) is 0.984. The van der Waals surface area contributed by atoms with Gasteiger partial charge in [0, 0.05) is 6.54 Å². The molecule has 19 heavy (non-hydrogen) atoms. The van der Waals surface area contributed by atoms with Crippen LogP contribution in [0.3, 0.4) is 0 Å². The standard InChI is InChI=1S/C14H15NO4/c16-10-3-1-9(2-4-10)7-8-15-13(17)11-5-6-12(19-11)14(15)18/h1-4,11-12,16H,5-8H2. The summed E-state index contributed by atoms with van der Waals surface area (Å²) < 4.78 is 5.35. The molecule has 2 bridgehead atoms. The first-order chi connectivity index (χ1) is 9.15. The smallest absolute Gasteiger partial charge is 0.258 e. The van der Waals surface area contributed by atoms with Crippen LogP contribution in [-0.2, 0) is 20.7 Å². The summed E-state index contributed by atoms with van der Waals surface area (Å²) >= 11 is 0. The first-order valence-electron chi connectivity index (χ1n) is 6.44. The minimum atomic E-state index is -0.428. The van der Waals surface area contributed by atoms with Crippen LogP contribution in [-0.4, -0.2) is 40.6 Å². The fourth-order valence-corrected chi connectivity index (χ4v) is 2.58. The fourth-order valence-electron chi connectivity index (χ4n) is 2.58. The lowest BCUT2D eigenvalue weighted by molar-refractivity contribution is -0.168. The molecule has 2 fully saturated rings. The van der Waals surface area contributed by atoms with E-state index in [0.29, 0.717) is 25.8 Å². The second-order valence-electron chi connectivity index (χ2n) is 4.94. The maximum absolute atomic E-state index is 12.0. The van der Waals surface area contributed by atoms with Crippen LogP contribution in [0, 0.1) is 0 Å². The molecule has 2 aliphatic rings. The largest absolute Gasteiger partial charge is 0.508 e. The molecule has 2 aliphatic heterocycles. The van der Waals surface area contributed by atoms with Gasteiger partial charge in [0.05, 0.1) is 0 Å². The number of amides is 2. The Morgan fingerprint density at radius 1 is 1.11 bits per heavy atom. The topological polar surface area (TPSA) is 66.8 Å². The minimum Gasteiger partial charge on any atom is -0.508 e. The Kier molecular flexibility index (Phi) is 2.98. The summed E-state index contributed by atoms with van der Waals surface area (Å²) in [6.45, 7) is 0.374. The lowest BCUT2D eigenvalue weighted by Gasteiger charge is -2.29. The molecule has 2 saturated heterocycles. The summed E-state index contributed by atoms with van der Waals surface area (Å²) in [7, 11) is 0. The average Bonchev–Trinajstić information content (AvgIpc) is 2.86. The van der Waals surface area contributed by atoms with E-state index < -0.39 is 12.2 Å². The Hall–Kier alpha value is -1.88. The van der Waals surface area contributed by atoms with Crippen LogP contribution in [0.4, 0.5) is 0 Å². The third-order valence-electron chi connectivity index (χ3n) is 3.66. The van der Waals surface area contributed by atoms with Crippen LogP contribution in [0.5, 0.6) is 5.75 Å². The monoisotopic (exact) mass is 261 g/mol. The van der Waals surface area contributed by atoms with E-state index in [4.69, 9.17) is 4.74 Å². The van der Waals surface area contributed by atoms with E-state index in [1.54, 1.807) is 24.3 Å². The van der Waals surface area contributed by atoms with E-state index in [-0.39, 0.29) is 17.6 Å². The molecule has 2 atom stereocenters. The number of rotatable bonds is 3. The van der Waals surface area contributed by atoms with Crippen LogP contribution in [0.15, 0.2) is 24.3 Å². The van der Waals surface area contributed by atoms with Crippen LogP contribution in [0.25, 0.3) is 0 Å². The number of likely N-dealkylation sites (tertiary alicyclic amines) is 1. The zero-order valence-electron chi connectivity index (χ0n) is 10.4. The molecular weight excluding hydrogens is 246 g/mol. The number of nitrogens with zero attached hydrogens (tertiary/aromatic N) is 1. The third-order valence-corrected chi connectivity index (χ3v) is 3.66. The quantitative estimate of drug-likeness (QED) is 0.819. The highest BCUT2D eigenvalue weighted by Gasteiger charge is 2.46. The van der Waals surface area contributed by atoms with E-state index in [9.17, 15) is 14.7 Å². The van der Waals surface area contributed by atoms with Crippen molar-refractivity contribution >= 4 is 11.8 Å². The highest BCUT2D eigenvalue weighted by atomic mass is 16.5. The fraction of sp³-hybridized carbons (Fsp3) is 0.429. The third kappa shape index (κ3) is 2.21. The van der Waals surface area contributed by atoms with Gasteiger partial charge in [0.1, 0.15) is 18.0 Å². The molecule has 5 nitrogen and oxygen atoms in total. The van der Waals surface area contributed by atoms with Crippen molar-refractivity contribution in [3.05, 3.63) is 29.8 Å². The second-order valence-corrected chi connectivity index (χ2v) is 4.94. The number of fused-ring (bicyclic) bond motifs is 2. The Morgan fingerprint density at radius 2 is 1.68 bits per heavy atom. The lowest BCUT2D eigenvalue weighted by Crippen LogP contribution is -2.52. The Morgan fingerprint density at radius 3 is 2.26 bits per heavy atom. The van der Waals surface area contributed by atoms with Gasteiger partial charge < -0.3 is 9.84 Å². The van der Waals surface area contributed by atoms with Crippen LogP contribution in [0.2, 0.25) is 0 Å². The van der Waals surface area contributed by atoms with E-state index in [0.717, 1.165) is 5.56 Å². The number of ether oxygens (including phenoxy) is 1. The molecule has 2 amide bonds. The van der Waals surface area contributed by atoms with Crippen molar-refractivity contribution < 1.29 is 19.4 Å². The van der Waals surface area contributed by atoms with E-state index >= 15 is 0 Å². The molecule has 1 aromatic carbocycles. The van der Waals surface area contributed by atoms with Gasteiger partial charge in [-0.1, -0.05) is 12.1 Å². The Bertz CT molecular complexity index is 489. The number of phenolic OH excluding ortho intramolecular Hbond substituents is 1. The summed E-state index contributed by atoms with van der Waals surface area (Å²) in [6.07, 6.45) is 1.03. The van der Waals surface area contributed by atoms with Gasteiger partial charge in [-0.3, -0.25) is 14.5 Å². The number of hydrogen-bond acceptors (Lipinski definition) is 4. The molecule has 0 saturated carbocycles. The number of aromatic hydroxyl groups is 1. The summed E-state index contributed by atoms with van der Waals surface area (Å²) in [6, 6.07) is 6.78. The molecule has 0 aliphatic carbocycles. The zero-order valence-corrected chi connectivity index (χ0v) is 10.4. The predicted octanol–water partition coefficient (Wildman–Crippen LogP) is 0.851. The van der Waals surface area contributed by atoms with Crippen LogP contribution < -0.4 is 0 Å². The predicted molar refractivity (Wildman–Crippen MR) is 66.4 cm³/mol. The van der Waals surface area contributed by atoms with Crippen LogP contribution in [0.1, 0.15) is 18.4 Å². The normalized spacial score (nSPS) is 26.0. The maximum atomic E-state index is 12.0. The maximum Gasteiger partial charge on any atom is 0.258 e. The molecule has 0 radical (unpaired) electrons. The molecule has 3 rings (SSSR count). The SMILES string of the molecule is O=C1C2CCC(O2)C(=O)N1CCc1ccc(O)cc1. The minimum absolute atomic E-state index is 0.209. The second kappa shape index (κ2) is 4.66. The number of imide groups is 1. The van der Waals surface area contributed by atoms with Gasteiger partial charge in [-0.15, -0.1) is 0 Å². The molecule has 1 N–H and O–H groups in total. The number of morpholine rings is 1. The molecule has 5 heteroatoms. The summed E-state index contributed by atoms with van der Waals surface area (Å²) in [4.78, 5) is 25.3. The van der Waals surface area contributed by atoms with Crippen molar-refractivity contribution in [3.63, 3.8) is 0 Å². The van der Waals surface area contributed by atoms with Crippen molar-refractivity contribution in [1.29, 1.82) is 0 Å². The Balaban J connectivity index is 1.67. The molecule has 100 valence electrons. The molecule has 2 heterocycles. The summed E-state index contributed by atoms with van der Waals surface area (Å²) in [5.74, 6) is -0.213. The van der Waals surface area contributed by atoms with E-state index in [1.165, 1.54) is 4.90 Å². The van der Waals surface area contributed by atoms with Gasteiger partial charge >= 0.3 is 0 Å². The van der Waals surface area contributed by atoms with Crippen molar-refractivity contribution in [3.8, 4) is 5.75 Å². The Labute approximate surface area is 110 Å². The van der Waals surface area contributed by atoms with Gasteiger partial charge in [0.15, 0.2) is 0 Å². The zero-order chi connectivity index (χ0) is 13.4. The van der Waals surface area contributed by atoms with Crippen molar-refractivity contribution in [2.24, 2.45) is 0 Å². The van der Waals surface area contributed by atoms with E-state index in [2.05, 4.69) is 0 Å². The highest BCUT2D eigenvalue weighted by Crippen LogP contribution is 2.28. The molecule has 0 aromatic heterocycles. The van der Waals surface area contributed by atoms with Gasteiger partial charge in [0.25, 0.3) is 11.8 Å². The van der Waals surface area contributed by atoms with Crippen molar-refractivity contribution in [1.82, 2.24) is 4.90 Å². The molecular formula is C14H15NO4. The number of phenols is 1. The number of benzene rings is 1.